The number of esters is 4. The monoisotopic (exact) mass is 802 g/mol. The Bertz CT molecular complexity index is 2030. The fraction of sp³-hybridized carbons (Fsp3) is 0.368. The second-order valence-corrected chi connectivity index (χ2v) is 13.5. The van der Waals surface area contributed by atoms with Crippen LogP contribution in [0.25, 0.3) is 12.2 Å². The minimum absolute atomic E-state index is 0.101. The third-order valence-corrected chi connectivity index (χ3v) is 9.28. The number of aryl methyl sites for hydroxylation is 1. The van der Waals surface area contributed by atoms with Crippen LogP contribution in [0.4, 0.5) is 0 Å². The van der Waals surface area contributed by atoms with E-state index in [1.807, 2.05) is 0 Å². The largest absolute Gasteiger partial charge is 0.493 e. The van der Waals surface area contributed by atoms with Gasteiger partial charge in [-0.15, -0.1) is 0 Å². The van der Waals surface area contributed by atoms with Crippen LogP contribution < -0.4 is 27.9 Å². The first-order chi connectivity index (χ1) is 26.6. The van der Waals surface area contributed by atoms with Gasteiger partial charge >= 0.3 is 34.0 Å². The molecule has 0 bridgehead atoms. The molecule has 0 unspecified atom stereocenters. The van der Waals surface area contributed by atoms with Gasteiger partial charge in [-0.05, 0) is 48.9 Å². The molecule has 0 saturated carbocycles. The van der Waals surface area contributed by atoms with Crippen LogP contribution in [-0.2, 0) is 53.0 Å². The molecule has 5 atom stereocenters. The average molecular weight is 803 g/mol. The zero-order valence-corrected chi connectivity index (χ0v) is 32.8. The van der Waals surface area contributed by atoms with Gasteiger partial charge in [0.05, 0.1) is 35.5 Å². The molecule has 1 aliphatic rings. The van der Waals surface area contributed by atoms with Crippen molar-refractivity contribution >= 4 is 46.1 Å². The summed E-state index contributed by atoms with van der Waals surface area (Å²) >= 11 is 0. The molecule has 56 heavy (non-hydrogen) atoms. The number of carbonyl (C=O) groups is 4. The first-order valence-electron chi connectivity index (χ1n) is 16.7. The van der Waals surface area contributed by atoms with E-state index in [1.54, 1.807) is 37.3 Å². The summed E-state index contributed by atoms with van der Waals surface area (Å²) in [5.74, 6) is -3.81. The molecular formula is C38H42O17S. The molecule has 3 aromatic rings. The Balaban J connectivity index is 1.97. The van der Waals surface area contributed by atoms with Gasteiger partial charge in [0.1, 0.15) is 4.90 Å². The lowest BCUT2D eigenvalue weighted by Crippen LogP contribution is -2.64. The summed E-state index contributed by atoms with van der Waals surface area (Å²) in [5.41, 5.74) is 1.41. The first kappa shape index (κ1) is 42.7. The summed E-state index contributed by atoms with van der Waals surface area (Å²) in [6.45, 7) is 4.87. The molecule has 302 valence electrons. The number of hydrogen-bond acceptors (Lipinski definition) is 17. The van der Waals surface area contributed by atoms with Crippen molar-refractivity contribution in [2.45, 2.75) is 63.3 Å². The van der Waals surface area contributed by atoms with Crippen LogP contribution in [0.3, 0.4) is 0 Å². The summed E-state index contributed by atoms with van der Waals surface area (Å²) in [7, 11) is 2.01. The van der Waals surface area contributed by atoms with E-state index in [0.29, 0.717) is 22.8 Å². The molecule has 17 nitrogen and oxygen atoms in total. The van der Waals surface area contributed by atoms with E-state index in [4.69, 9.17) is 51.6 Å². The number of hydrogen-bond donors (Lipinski definition) is 0. The van der Waals surface area contributed by atoms with E-state index in [2.05, 4.69) is 0 Å². The van der Waals surface area contributed by atoms with E-state index >= 15 is 0 Å². The zero-order valence-electron chi connectivity index (χ0n) is 32.0. The highest BCUT2D eigenvalue weighted by Crippen LogP contribution is 2.45. The van der Waals surface area contributed by atoms with E-state index in [-0.39, 0.29) is 16.2 Å². The Kier molecular flexibility index (Phi) is 14.2. The summed E-state index contributed by atoms with van der Waals surface area (Å²) < 4.78 is 88.8. The molecule has 1 fully saturated rings. The quantitative estimate of drug-likeness (QED) is 0.0921. The lowest BCUT2D eigenvalue weighted by atomic mass is 9.97. The molecule has 4 rings (SSSR count). The molecule has 0 N–H and O–H groups in total. The predicted molar refractivity (Wildman–Crippen MR) is 195 cm³/mol. The van der Waals surface area contributed by atoms with Crippen LogP contribution in [-0.4, -0.2) is 98.5 Å². The van der Waals surface area contributed by atoms with Gasteiger partial charge in [0, 0.05) is 26.3 Å². The van der Waals surface area contributed by atoms with Crippen molar-refractivity contribution < 1.29 is 79.1 Å². The van der Waals surface area contributed by atoms with Crippen molar-refractivity contribution in [3.63, 3.8) is 0 Å². The Labute approximate surface area is 323 Å². The van der Waals surface area contributed by atoms with Gasteiger partial charge in [-0.25, -0.2) is 4.79 Å². The molecule has 3 aromatic carbocycles. The van der Waals surface area contributed by atoms with Crippen molar-refractivity contribution in [2.24, 2.45) is 0 Å². The van der Waals surface area contributed by atoms with E-state index in [9.17, 15) is 27.6 Å². The summed E-state index contributed by atoms with van der Waals surface area (Å²) in [6, 6.07) is 12.0. The molecule has 0 amide bonds. The molecule has 1 aliphatic heterocycles. The Morgan fingerprint density at radius 2 is 1.20 bits per heavy atom. The van der Waals surface area contributed by atoms with Crippen LogP contribution in [0.5, 0.6) is 34.5 Å². The maximum Gasteiger partial charge on any atom is 0.339 e. The number of methoxy groups -OCH3 is 5. The lowest BCUT2D eigenvalue weighted by Gasteiger charge is -2.43. The molecule has 0 radical (unpaired) electrons. The van der Waals surface area contributed by atoms with Gasteiger partial charge in [-0.3, -0.25) is 14.4 Å². The minimum atomic E-state index is -4.62. The maximum atomic E-state index is 13.9. The van der Waals surface area contributed by atoms with Gasteiger partial charge < -0.3 is 51.6 Å². The van der Waals surface area contributed by atoms with Crippen molar-refractivity contribution in [1.82, 2.24) is 0 Å². The molecule has 1 heterocycles. The third kappa shape index (κ3) is 9.99. The number of rotatable bonds is 15. The SMILES string of the molecule is COC(=O)[C@H]1O[C@@H](Oc2c(OC)ccc(/C=C\c3cc(OC)c(OC)c(OC)c3)c2OS(=O)(=O)c2ccc(C)cc2)[C@H](OC(C)=O)[C@@H](OC(C)=O)[C@@H]1OC(C)=O. The molecular weight excluding hydrogens is 760 g/mol. The molecule has 18 heteroatoms. The highest BCUT2D eigenvalue weighted by atomic mass is 32.2. The predicted octanol–water partition coefficient (Wildman–Crippen LogP) is 4.04. The highest BCUT2D eigenvalue weighted by molar-refractivity contribution is 7.87. The lowest BCUT2D eigenvalue weighted by molar-refractivity contribution is -0.282. The normalized spacial score (nSPS) is 19.3. The Morgan fingerprint density at radius 1 is 0.643 bits per heavy atom. The average Bonchev–Trinajstić information content (AvgIpc) is 3.15. The van der Waals surface area contributed by atoms with Gasteiger partial charge in [-0.1, -0.05) is 29.8 Å². The van der Waals surface area contributed by atoms with Crippen molar-refractivity contribution in [1.29, 1.82) is 0 Å². The van der Waals surface area contributed by atoms with Crippen LogP contribution in [0.2, 0.25) is 0 Å². The fourth-order valence-corrected chi connectivity index (χ4v) is 6.54. The smallest absolute Gasteiger partial charge is 0.339 e. The fourth-order valence-electron chi connectivity index (χ4n) is 5.59. The third-order valence-electron chi connectivity index (χ3n) is 8.04. The highest BCUT2D eigenvalue weighted by Gasteiger charge is 2.56. The first-order valence-corrected chi connectivity index (χ1v) is 18.1. The van der Waals surface area contributed by atoms with Crippen molar-refractivity contribution in [3.05, 3.63) is 65.2 Å². The summed E-state index contributed by atoms with van der Waals surface area (Å²) in [6.07, 6.45) is -5.78. The van der Waals surface area contributed by atoms with Gasteiger partial charge in [-0.2, -0.15) is 8.42 Å². The van der Waals surface area contributed by atoms with Crippen molar-refractivity contribution in [2.75, 3.05) is 35.5 Å². The van der Waals surface area contributed by atoms with Crippen molar-refractivity contribution in [3.8, 4) is 34.5 Å². The molecule has 0 aromatic heterocycles. The maximum absolute atomic E-state index is 13.9. The topological polar surface area (TPSA) is 204 Å². The van der Waals surface area contributed by atoms with Gasteiger partial charge in [0.25, 0.3) is 0 Å². The molecule has 0 spiro atoms. The van der Waals surface area contributed by atoms with Crippen LogP contribution in [0.15, 0.2) is 53.4 Å². The molecule has 1 saturated heterocycles. The van der Waals surface area contributed by atoms with Gasteiger partial charge in [0.2, 0.25) is 23.9 Å². The number of carbonyl (C=O) groups excluding carboxylic acids is 4. The summed E-state index contributed by atoms with van der Waals surface area (Å²) in [4.78, 5) is 49.9. The zero-order chi connectivity index (χ0) is 41.3. The van der Waals surface area contributed by atoms with Crippen LogP contribution in [0, 0.1) is 6.92 Å². The Morgan fingerprint density at radius 3 is 1.71 bits per heavy atom. The van der Waals surface area contributed by atoms with Crippen LogP contribution >= 0.6 is 0 Å². The number of benzene rings is 3. The minimum Gasteiger partial charge on any atom is -0.493 e. The van der Waals surface area contributed by atoms with Crippen LogP contribution in [0.1, 0.15) is 37.5 Å². The Hall–Kier alpha value is -6.01. The standard InChI is InChI=1S/C38H42O17S/c1-20-10-15-26(16-11-20)56(43,44)55-30-25(13-12-24-18-28(46-6)31(48-8)29(19-24)47-7)14-17-27(45-5)32(30)53-38-36(52-23(4)41)34(51-22(3)40)33(50-21(2)39)35(54-38)37(42)49-9/h10-19,33-36,38H,1-9H3/b13-12-/t33-,34-,35-,36+,38+/m0/s1. The summed E-state index contributed by atoms with van der Waals surface area (Å²) in [5, 5.41) is 0. The van der Waals surface area contributed by atoms with E-state index in [1.165, 1.54) is 58.8 Å². The second kappa shape index (κ2) is 18.5. The number of ether oxygens (including phenoxy) is 10. The second-order valence-electron chi connectivity index (χ2n) is 11.9. The van der Waals surface area contributed by atoms with E-state index in [0.717, 1.165) is 33.4 Å². The van der Waals surface area contributed by atoms with E-state index < -0.39 is 76.2 Å². The van der Waals surface area contributed by atoms with Gasteiger partial charge in [0.15, 0.2) is 41.3 Å². The molecule has 0 aliphatic carbocycles.